The van der Waals surface area contributed by atoms with E-state index >= 15 is 0 Å². The van der Waals surface area contributed by atoms with Crippen molar-refractivity contribution in [3.8, 4) is 11.5 Å². The van der Waals surface area contributed by atoms with Gasteiger partial charge in [-0.1, -0.05) is 12.1 Å². The Morgan fingerprint density at radius 1 is 1.12 bits per heavy atom. The van der Waals surface area contributed by atoms with Gasteiger partial charge in [0.25, 0.3) is 11.9 Å². The Bertz CT molecular complexity index is 1320. The smallest absolute Gasteiger partial charge is 0.422 e. The molecule has 43 heavy (non-hydrogen) atoms. The molecule has 15 heteroatoms. The van der Waals surface area contributed by atoms with Gasteiger partial charge in [-0.3, -0.25) is 4.79 Å². The van der Waals surface area contributed by atoms with Crippen LogP contribution in [0.4, 0.5) is 18.9 Å². The predicted octanol–water partition coefficient (Wildman–Crippen LogP) is 3.76. The first kappa shape index (κ1) is 32.8. The fourth-order valence-corrected chi connectivity index (χ4v) is 3.73. The molecule has 2 aliphatic heterocycles. The first-order valence-electron chi connectivity index (χ1n) is 13.4. The number of amidine groups is 1. The highest BCUT2D eigenvalue weighted by Gasteiger charge is 2.29. The van der Waals surface area contributed by atoms with E-state index in [4.69, 9.17) is 19.9 Å². The largest absolute Gasteiger partial charge is 0.494 e. The molecule has 2 heterocycles. The number of halogens is 3. The van der Waals surface area contributed by atoms with Crippen LogP contribution >= 0.6 is 0 Å². The van der Waals surface area contributed by atoms with Crippen molar-refractivity contribution in [2.24, 2.45) is 20.7 Å². The molecule has 2 aromatic rings. The van der Waals surface area contributed by atoms with Crippen LogP contribution in [-0.2, 0) is 16.1 Å². The maximum absolute atomic E-state index is 13.0. The van der Waals surface area contributed by atoms with Crippen molar-refractivity contribution in [2.45, 2.75) is 44.4 Å². The van der Waals surface area contributed by atoms with Crippen molar-refractivity contribution in [1.82, 2.24) is 5.32 Å². The highest BCUT2D eigenvalue weighted by Crippen LogP contribution is 2.25. The second-order valence-electron chi connectivity index (χ2n) is 9.29. The number of aliphatic imine (C=N–C) groups is 3. The molecule has 4 bridgehead atoms. The number of fused-ring (bicyclic) bond motifs is 12. The number of hydrogen-bond acceptors (Lipinski definition) is 10. The third-order valence-corrected chi connectivity index (χ3v) is 5.92. The number of nitrogens with zero attached hydrogens (tertiary/aromatic N) is 3. The summed E-state index contributed by atoms with van der Waals surface area (Å²) >= 11 is 0. The summed E-state index contributed by atoms with van der Waals surface area (Å²) in [6.07, 6.45) is -1.58. The van der Waals surface area contributed by atoms with Crippen LogP contribution < -0.4 is 25.8 Å². The lowest BCUT2D eigenvalue weighted by atomic mass is 10.1. The Hall–Kier alpha value is -4.66. The van der Waals surface area contributed by atoms with Crippen molar-refractivity contribution >= 4 is 36.3 Å². The number of aliphatic carboxylic acids is 1. The van der Waals surface area contributed by atoms with Crippen molar-refractivity contribution < 1.29 is 42.1 Å². The number of ether oxygens (including phenoxy) is 3. The van der Waals surface area contributed by atoms with Crippen LogP contribution in [0.2, 0.25) is 0 Å². The number of carboxylic acid groups (broad SMARTS) is 1. The molecule has 0 aromatic heterocycles. The number of rotatable bonds is 5. The van der Waals surface area contributed by atoms with Crippen LogP contribution in [0.15, 0.2) is 57.4 Å². The number of anilines is 1. The zero-order valence-corrected chi connectivity index (χ0v) is 23.2. The number of amides is 1. The number of hydrogen-bond donors (Lipinski definition) is 4. The SMILES string of the molecule is C=NC1=NCc2ccc(cc2)OCCCCCCOc2cc(ccc2C(=O)NC(CN)C(=O)O)N/C(OCC(F)(F)F)=N\1. The number of guanidine groups is 1. The van der Waals surface area contributed by atoms with E-state index in [1.165, 1.54) is 18.2 Å². The van der Waals surface area contributed by atoms with E-state index < -0.39 is 36.7 Å². The third kappa shape index (κ3) is 11.3. The molecule has 1 atom stereocenters. The first-order valence-corrected chi connectivity index (χ1v) is 13.4. The number of nitrogens with one attached hydrogen (secondary N) is 2. The molecule has 0 saturated carbocycles. The van der Waals surface area contributed by atoms with E-state index in [-0.39, 0.29) is 42.7 Å². The standard InChI is InChI=1S/C28H33F3N6O6/c1-33-26-34-16-18-6-9-20(10-7-18)41-12-4-2-3-5-13-42-23-14-19(35-27(37-26)43-17-28(29,30)31)8-11-21(23)24(38)36-22(15-32)25(39)40/h6-11,14,22H,1-5,12-13,15-17,32H2,(H,36,38)(H,39,40)(H,34,35,37). The van der Waals surface area contributed by atoms with Crippen LogP contribution in [-0.4, -0.2) is 74.3 Å². The van der Waals surface area contributed by atoms with Crippen molar-refractivity contribution in [3.05, 3.63) is 53.6 Å². The highest BCUT2D eigenvalue weighted by molar-refractivity contribution is 6.02. The Morgan fingerprint density at radius 3 is 2.44 bits per heavy atom. The predicted molar refractivity (Wildman–Crippen MR) is 154 cm³/mol. The second kappa shape index (κ2) is 16.1. The molecular weight excluding hydrogens is 573 g/mol. The maximum atomic E-state index is 13.0. The van der Waals surface area contributed by atoms with E-state index in [1.54, 1.807) is 24.3 Å². The Morgan fingerprint density at radius 2 is 1.81 bits per heavy atom. The second-order valence-corrected chi connectivity index (χ2v) is 9.29. The van der Waals surface area contributed by atoms with E-state index in [2.05, 4.69) is 32.3 Å². The first-order chi connectivity index (χ1) is 20.6. The number of carbonyl (C=O) groups excluding carboxylic acids is 1. The van der Waals surface area contributed by atoms with Gasteiger partial charge in [0.05, 0.1) is 25.3 Å². The minimum Gasteiger partial charge on any atom is -0.494 e. The topological polar surface area (TPSA) is 169 Å². The molecule has 12 nitrogen and oxygen atoms in total. The minimum absolute atomic E-state index is 0.00808. The van der Waals surface area contributed by atoms with Gasteiger partial charge in [0.1, 0.15) is 17.5 Å². The average Bonchev–Trinajstić information content (AvgIpc) is 2.97. The van der Waals surface area contributed by atoms with Gasteiger partial charge in [0.15, 0.2) is 6.61 Å². The molecule has 232 valence electrons. The lowest BCUT2D eigenvalue weighted by Gasteiger charge is -2.17. The summed E-state index contributed by atoms with van der Waals surface area (Å²) in [6.45, 7) is 2.20. The summed E-state index contributed by atoms with van der Waals surface area (Å²) < 4.78 is 55.5. The summed E-state index contributed by atoms with van der Waals surface area (Å²) in [5.41, 5.74) is 6.37. The number of benzene rings is 2. The summed E-state index contributed by atoms with van der Waals surface area (Å²) in [6, 6.07) is 9.29. The number of carboxylic acids is 1. The molecule has 2 aliphatic rings. The van der Waals surface area contributed by atoms with Gasteiger partial charge in [-0.2, -0.15) is 18.2 Å². The fourth-order valence-electron chi connectivity index (χ4n) is 3.73. The zero-order chi connectivity index (χ0) is 31.2. The molecule has 1 unspecified atom stereocenters. The van der Waals surface area contributed by atoms with Crippen molar-refractivity contribution in [1.29, 1.82) is 0 Å². The summed E-state index contributed by atoms with van der Waals surface area (Å²) in [5.74, 6) is -1.60. The molecule has 0 fully saturated rings. The van der Waals surface area contributed by atoms with Crippen molar-refractivity contribution in [2.75, 3.05) is 31.7 Å². The monoisotopic (exact) mass is 606 g/mol. The van der Waals surface area contributed by atoms with Crippen LogP contribution in [0.25, 0.3) is 0 Å². The Balaban J connectivity index is 1.96. The quantitative estimate of drug-likeness (QED) is 0.373. The van der Waals surface area contributed by atoms with E-state index in [9.17, 15) is 27.9 Å². The summed E-state index contributed by atoms with van der Waals surface area (Å²) in [7, 11) is 0. The normalized spacial score (nSPS) is 16.8. The zero-order valence-electron chi connectivity index (χ0n) is 23.2. The van der Waals surface area contributed by atoms with E-state index in [0.29, 0.717) is 18.8 Å². The Labute approximate surface area is 245 Å². The fraction of sp³-hybridized carbons (Fsp3) is 0.393. The van der Waals surface area contributed by atoms with Gasteiger partial charge >= 0.3 is 12.1 Å². The van der Waals surface area contributed by atoms with Gasteiger partial charge in [0.2, 0.25) is 5.96 Å². The van der Waals surface area contributed by atoms with Gasteiger partial charge < -0.3 is 35.7 Å². The number of nitrogens with two attached hydrogens (primary N) is 1. The molecule has 0 saturated heterocycles. The molecule has 0 aliphatic carbocycles. The van der Waals surface area contributed by atoms with Crippen LogP contribution in [0.5, 0.6) is 11.5 Å². The molecule has 5 N–H and O–H groups in total. The Kier molecular flexibility index (Phi) is 12.3. The molecule has 0 spiro atoms. The van der Waals surface area contributed by atoms with Crippen LogP contribution in [0.1, 0.15) is 41.6 Å². The van der Waals surface area contributed by atoms with E-state index in [1.807, 2.05) is 0 Å². The van der Waals surface area contributed by atoms with Gasteiger partial charge in [-0.15, -0.1) is 0 Å². The summed E-state index contributed by atoms with van der Waals surface area (Å²) in [4.78, 5) is 36.1. The lowest BCUT2D eigenvalue weighted by molar-refractivity contribution is -0.156. The third-order valence-electron chi connectivity index (χ3n) is 5.92. The minimum atomic E-state index is -4.67. The average molecular weight is 607 g/mol. The van der Waals surface area contributed by atoms with Crippen LogP contribution in [0.3, 0.4) is 0 Å². The number of alkyl halides is 3. The van der Waals surface area contributed by atoms with Crippen LogP contribution in [0, 0.1) is 0 Å². The molecular formula is C28H33F3N6O6. The number of carbonyl (C=O) groups is 2. The van der Waals surface area contributed by atoms with E-state index in [0.717, 1.165) is 24.8 Å². The van der Waals surface area contributed by atoms with Gasteiger partial charge in [-0.25, -0.2) is 14.8 Å². The molecule has 1 amide bonds. The van der Waals surface area contributed by atoms with Gasteiger partial charge in [-0.05, 0) is 62.2 Å². The molecule has 2 aromatic carbocycles. The molecule has 4 rings (SSSR count). The van der Waals surface area contributed by atoms with Gasteiger partial charge in [0, 0.05) is 18.3 Å². The molecule has 0 radical (unpaired) electrons. The lowest BCUT2D eigenvalue weighted by Crippen LogP contribution is -2.45. The summed E-state index contributed by atoms with van der Waals surface area (Å²) in [5, 5.41) is 14.2. The van der Waals surface area contributed by atoms with Crippen molar-refractivity contribution in [3.63, 3.8) is 0 Å². The highest BCUT2D eigenvalue weighted by atomic mass is 19.4. The maximum Gasteiger partial charge on any atom is 0.422 e.